The molecule has 32 heavy (non-hydrogen) atoms. The van der Waals surface area contributed by atoms with Gasteiger partial charge in [-0.3, -0.25) is 9.59 Å². The molecule has 0 aliphatic carbocycles. The number of carbonyl (C=O) groups is 2. The van der Waals surface area contributed by atoms with E-state index in [1.807, 2.05) is 0 Å². The van der Waals surface area contributed by atoms with Crippen molar-refractivity contribution in [2.75, 3.05) is 46.6 Å². The molecule has 0 atom stereocenters. The number of rotatable bonds is 9. The van der Waals surface area contributed by atoms with Gasteiger partial charge in [0.05, 0.1) is 26.5 Å². The lowest BCUT2D eigenvalue weighted by atomic mass is 10.2. The number of hydrazone groups is 1. The number of para-hydroxylation sites is 1. The van der Waals surface area contributed by atoms with Gasteiger partial charge < -0.3 is 23.8 Å². The van der Waals surface area contributed by atoms with Crippen molar-refractivity contribution in [3.8, 4) is 17.2 Å². The highest BCUT2D eigenvalue weighted by Crippen LogP contribution is 2.27. The molecule has 1 fully saturated rings. The predicted molar refractivity (Wildman–Crippen MR) is 114 cm³/mol. The smallest absolute Gasteiger partial charge is 0.277 e. The molecule has 0 saturated carbocycles. The van der Waals surface area contributed by atoms with Gasteiger partial charge in [0.1, 0.15) is 0 Å². The summed E-state index contributed by atoms with van der Waals surface area (Å²) in [4.78, 5) is 25.7. The van der Waals surface area contributed by atoms with Gasteiger partial charge in [0.15, 0.2) is 36.3 Å². The first kappa shape index (κ1) is 23.0. The largest absolute Gasteiger partial charge is 0.493 e. The maximum absolute atomic E-state index is 13.5. The maximum atomic E-state index is 13.5. The molecule has 9 nitrogen and oxygen atoms in total. The lowest BCUT2D eigenvalue weighted by Gasteiger charge is -2.26. The van der Waals surface area contributed by atoms with Crippen molar-refractivity contribution in [1.82, 2.24) is 10.3 Å². The van der Waals surface area contributed by atoms with Gasteiger partial charge in [0.25, 0.3) is 11.8 Å². The van der Waals surface area contributed by atoms with Crippen molar-refractivity contribution in [1.29, 1.82) is 0 Å². The fraction of sp³-hybridized carbons (Fsp3) is 0.318. The van der Waals surface area contributed by atoms with Crippen molar-refractivity contribution in [3.05, 3.63) is 53.8 Å². The van der Waals surface area contributed by atoms with E-state index >= 15 is 0 Å². The number of carbonyl (C=O) groups excluding carboxylic acids is 2. The molecular formula is C22H24FN3O6. The number of halogens is 1. The van der Waals surface area contributed by atoms with Crippen LogP contribution in [-0.4, -0.2) is 69.6 Å². The summed E-state index contributed by atoms with van der Waals surface area (Å²) >= 11 is 0. The maximum Gasteiger partial charge on any atom is 0.277 e. The van der Waals surface area contributed by atoms with E-state index < -0.39 is 11.7 Å². The molecule has 0 spiro atoms. The van der Waals surface area contributed by atoms with Gasteiger partial charge in [-0.1, -0.05) is 12.1 Å². The zero-order valence-electron chi connectivity index (χ0n) is 17.6. The van der Waals surface area contributed by atoms with Crippen LogP contribution in [0.3, 0.4) is 0 Å². The highest BCUT2D eigenvalue weighted by atomic mass is 19.1. The number of morpholine rings is 1. The zero-order valence-corrected chi connectivity index (χ0v) is 17.6. The van der Waals surface area contributed by atoms with Gasteiger partial charge in [-0.15, -0.1) is 0 Å². The molecule has 1 heterocycles. The Hall–Kier alpha value is -3.66. The molecule has 2 aromatic rings. The summed E-state index contributed by atoms with van der Waals surface area (Å²) in [5, 5.41) is 3.85. The fourth-order valence-corrected chi connectivity index (χ4v) is 2.84. The molecule has 0 unspecified atom stereocenters. The summed E-state index contributed by atoms with van der Waals surface area (Å²) in [5.74, 6) is -0.408. The number of ether oxygens (including phenoxy) is 4. The van der Waals surface area contributed by atoms with Crippen LogP contribution in [-0.2, 0) is 14.3 Å². The van der Waals surface area contributed by atoms with Crippen LogP contribution in [0.2, 0.25) is 0 Å². The SMILES string of the molecule is COc1cc(C=NNC(=O)COc2ccccc2F)ccc1OCC(=O)N1CCOCC1. The second-order valence-electron chi connectivity index (χ2n) is 6.70. The Morgan fingerprint density at radius 3 is 2.59 bits per heavy atom. The number of nitrogens with zero attached hydrogens (tertiary/aromatic N) is 2. The second kappa shape index (κ2) is 11.7. The predicted octanol–water partition coefficient (Wildman–Crippen LogP) is 1.60. The molecule has 1 aliphatic heterocycles. The van der Waals surface area contributed by atoms with E-state index in [9.17, 15) is 14.0 Å². The van der Waals surface area contributed by atoms with E-state index in [0.29, 0.717) is 43.4 Å². The molecule has 0 radical (unpaired) electrons. The summed E-state index contributed by atoms with van der Waals surface area (Å²) in [5.41, 5.74) is 2.93. The third kappa shape index (κ3) is 6.67. The number of nitrogens with one attached hydrogen (secondary N) is 1. The Kier molecular flexibility index (Phi) is 8.38. The van der Waals surface area contributed by atoms with Gasteiger partial charge in [0, 0.05) is 13.1 Å². The van der Waals surface area contributed by atoms with Crippen molar-refractivity contribution >= 4 is 18.0 Å². The quantitative estimate of drug-likeness (QED) is 0.465. The molecule has 2 amide bonds. The molecule has 1 aliphatic rings. The lowest BCUT2D eigenvalue weighted by molar-refractivity contribution is -0.137. The summed E-state index contributed by atoms with van der Waals surface area (Å²) < 4.78 is 34.7. The Bertz CT molecular complexity index is 962. The van der Waals surface area contributed by atoms with Crippen LogP contribution in [0.25, 0.3) is 0 Å². The van der Waals surface area contributed by atoms with Crippen LogP contribution in [0.1, 0.15) is 5.56 Å². The monoisotopic (exact) mass is 445 g/mol. The van der Waals surface area contributed by atoms with Crippen molar-refractivity contribution in [3.63, 3.8) is 0 Å². The first-order valence-corrected chi connectivity index (χ1v) is 9.92. The molecule has 0 aromatic heterocycles. The van der Waals surface area contributed by atoms with Gasteiger partial charge in [-0.05, 0) is 35.9 Å². The molecule has 3 rings (SSSR count). The minimum absolute atomic E-state index is 0.0148. The topological polar surface area (TPSA) is 98.7 Å². The first-order valence-electron chi connectivity index (χ1n) is 9.92. The van der Waals surface area contributed by atoms with Crippen LogP contribution in [0.5, 0.6) is 17.2 Å². The minimum Gasteiger partial charge on any atom is -0.493 e. The summed E-state index contributed by atoms with van der Waals surface area (Å²) in [6.07, 6.45) is 1.41. The molecule has 170 valence electrons. The Morgan fingerprint density at radius 2 is 1.84 bits per heavy atom. The summed E-state index contributed by atoms with van der Waals surface area (Å²) in [6, 6.07) is 10.8. The first-order chi connectivity index (χ1) is 15.6. The standard InChI is InChI=1S/C22H24FN3O6/c1-29-20-12-16(6-7-19(20)32-15-22(28)26-8-10-30-11-9-26)13-24-25-21(27)14-31-18-5-3-2-4-17(18)23/h2-7,12-13H,8-11,14-15H2,1H3,(H,25,27). The van der Waals surface area contributed by atoms with Crippen molar-refractivity contribution in [2.24, 2.45) is 5.10 Å². The third-order valence-corrected chi connectivity index (χ3v) is 4.50. The minimum atomic E-state index is -0.551. The van der Waals surface area contributed by atoms with Crippen LogP contribution in [0.15, 0.2) is 47.6 Å². The average Bonchev–Trinajstić information content (AvgIpc) is 2.83. The summed E-state index contributed by atoms with van der Waals surface area (Å²) in [7, 11) is 1.48. The summed E-state index contributed by atoms with van der Waals surface area (Å²) in [6.45, 7) is 1.65. The van der Waals surface area contributed by atoms with Gasteiger partial charge in [-0.2, -0.15) is 5.10 Å². The van der Waals surface area contributed by atoms with Gasteiger partial charge >= 0.3 is 0 Å². The Balaban J connectivity index is 1.49. The molecule has 2 aromatic carbocycles. The zero-order chi connectivity index (χ0) is 22.8. The van der Waals surface area contributed by atoms with E-state index in [2.05, 4.69) is 10.5 Å². The van der Waals surface area contributed by atoms with E-state index in [-0.39, 0.29) is 24.9 Å². The average molecular weight is 445 g/mol. The Morgan fingerprint density at radius 1 is 1.09 bits per heavy atom. The van der Waals surface area contributed by atoms with Crippen LogP contribution >= 0.6 is 0 Å². The molecular weight excluding hydrogens is 421 g/mol. The van der Waals surface area contributed by atoms with Gasteiger partial charge in [0.2, 0.25) is 0 Å². The molecule has 0 bridgehead atoms. The lowest BCUT2D eigenvalue weighted by Crippen LogP contribution is -2.43. The van der Waals surface area contributed by atoms with Crippen LogP contribution < -0.4 is 19.6 Å². The van der Waals surface area contributed by atoms with Crippen LogP contribution in [0.4, 0.5) is 4.39 Å². The second-order valence-corrected chi connectivity index (χ2v) is 6.70. The highest BCUT2D eigenvalue weighted by molar-refractivity contribution is 5.84. The number of methoxy groups -OCH3 is 1. The van der Waals surface area contributed by atoms with E-state index in [4.69, 9.17) is 18.9 Å². The van der Waals surface area contributed by atoms with Gasteiger partial charge in [-0.25, -0.2) is 9.82 Å². The molecule has 10 heteroatoms. The van der Waals surface area contributed by atoms with E-state index in [1.54, 1.807) is 29.2 Å². The highest BCUT2D eigenvalue weighted by Gasteiger charge is 2.18. The fourth-order valence-electron chi connectivity index (χ4n) is 2.84. The Labute approximate surface area is 184 Å². The number of benzene rings is 2. The van der Waals surface area contributed by atoms with E-state index in [0.717, 1.165) is 0 Å². The van der Waals surface area contributed by atoms with Crippen molar-refractivity contribution in [2.45, 2.75) is 0 Å². The number of hydrogen-bond donors (Lipinski definition) is 1. The third-order valence-electron chi connectivity index (χ3n) is 4.50. The number of hydrogen-bond acceptors (Lipinski definition) is 7. The van der Waals surface area contributed by atoms with Crippen LogP contribution in [0, 0.1) is 5.82 Å². The van der Waals surface area contributed by atoms with E-state index in [1.165, 1.54) is 31.5 Å². The molecule has 1 saturated heterocycles. The molecule has 1 N–H and O–H groups in total. The normalized spacial score (nSPS) is 13.6. The number of amides is 2. The van der Waals surface area contributed by atoms with Crippen molar-refractivity contribution < 1.29 is 32.9 Å².